The summed E-state index contributed by atoms with van der Waals surface area (Å²) in [5.41, 5.74) is -3.69. The molecule has 6 N–H and O–H groups in total. The molecule has 0 aliphatic heterocycles. The Morgan fingerprint density at radius 3 is 1.65 bits per heavy atom. The minimum Gasteiger partial charge on any atom is -0.493 e. The highest BCUT2D eigenvalue weighted by Crippen LogP contribution is 2.41. The second kappa shape index (κ2) is 13.3. The first-order valence-corrected chi connectivity index (χ1v) is 12.1. The maximum atomic E-state index is 11.9. The molecule has 1 unspecified atom stereocenters. The number of aliphatic hydroxyl groups is 6. The summed E-state index contributed by atoms with van der Waals surface area (Å²) in [6, 6.07) is 9.95. The van der Waals surface area contributed by atoms with E-state index in [4.69, 9.17) is 18.9 Å². The Kier molecular flexibility index (Phi) is 11.0. The van der Waals surface area contributed by atoms with Crippen molar-refractivity contribution in [3.8, 4) is 23.0 Å². The molecule has 0 aliphatic rings. The molecule has 208 valence electrons. The summed E-state index contributed by atoms with van der Waals surface area (Å²) in [6.45, 7) is 0.908. The molecule has 0 bridgehead atoms. The monoisotopic (exact) mass is 524 g/mol. The molecular formula is C27H40O10. The summed E-state index contributed by atoms with van der Waals surface area (Å²) < 4.78 is 21.6. The fourth-order valence-electron chi connectivity index (χ4n) is 4.84. The minimum atomic E-state index is -2.53. The molecule has 5 atom stereocenters. The average molecular weight is 525 g/mol. The van der Waals surface area contributed by atoms with Crippen LogP contribution in [0.5, 0.6) is 23.0 Å². The Morgan fingerprint density at radius 1 is 0.757 bits per heavy atom. The van der Waals surface area contributed by atoms with Crippen LogP contribution in [0.15, 0.2) is 36.4 Å². The van der Waals surface area contributed by atoms with Crippen LogP contribution in [0, 0.1) is 0 Å². The lowest BCUT2D eigenvalue weighted by Gasteiger charge is -2.46. The molecule has 0 spiro atoms. The van der Waals surface area contributed by atoms with E-state index in [2.05, 4.69) is 0 Å². The van der Waals surface area contributed by atoms with Crippen LogP contribution in [0.1, 0.15) is 30.9 Å². The highest BCUT2D eigenvalue weighted by atomic mass is 16.5. The number of para-hydroxylation sites is 2. The number of rotatable bonds is 15. The number of aliphatic hydroxyl groups excluding tert-OH is 4. The third-order valence-electron chi connectivity index (χ3n) is 6.67. The van der Waals surface area contributed by atoms with E-state index in [0.717, 1.165) is 0 Å². The Labute approximate surface area is 217 Å². The van der Waals surface area contributed by atoms with Gasteiger partial charge in [-0.25, -0.2) is 0 Å². The largest absolute Gasteiger partial charge is 0.493 e. The van der Waals surface area contributed by atoms with Crippen LogP contribution >= 0.6 is 0 Å². The summed E-state index contributed by atoms with van der Waals surface area (Å²) >= 11 is 0. The van der Waals surface area contributed by atoms with Crippen LogP contribution in [-0.4, -0.2) is 95.2 Å². The zero-order valence-corrected chi connectivity index (χ0v) is 22.0. The van der Waals surface area contributed by atoms with Gasteiger partial charge in [0.15, 0.2) is 23.0 Å². The molecule has 10 nitrogen and oxygen atoms in total. The highest BCUT2D eigenvalue weighted by molar-refractivity contribution is 5.48. The minimum absolute atomic E-state index is 0.0219. The number of hydrogen-bond acceptors (Lipinski definition) is 10. The van der Waals surface area contributed by atoms with Crippen molar-refractivity contribution in [1.29, 1.82) is 0 Å². The fraction of sp³-hybridized carbons (Fsp3) is 0.556. The second-order valence-electron chi connectivity index (χ2n) is 9.10. The van der Waals surface area contributed by atoms with E-state index >= 15 is 0 Å². The number of ether oxygens (including phenoxy) is 4. The van der Waals surface area contributed by atoms with Crippen molar-refractivity contribution in [2.24, 2.45) is 0 Å². The molecule has 0 saturated heterocycles. The Bertz CT molecular complexity index is 999. The van der Waals surface area contributed by atoms with Gasteiger partial charge in [-0.1, -0.05) is 37.6 Å². The molecule has 0 heterocycles. The lowest BCUT2D eigenvalue weighted by molar-refractivity contribution is -0.230. The van der Waals surface area contributed by atoms with Gasteiger partial charge in [-0.05, 0) is 18.6 Å². The average Bonchev–Trinajstić information content (AvgIpc) is 2.91. The van der Waals surface area contributed by atoms with Crippen LogP contribution in [0.4, 0.5) is 0 Å². The van der Waals surface area contributed by atoms with E-state index < -0.39 is 42.5 Å². The molecule has 37 heavy (non-hydrogen) atoms. The third kappa shape index (κ3) is 6.46. The lowest BCUT2D eigenvalue weighted by Crippen LogP contribution is -2.66. The smallest absolute Gasteiger partial charge is 0.164 e. The number of methoxy groups -OCH3 is 4. The highest BCUT2D eigenvalue weighted by Gasteiger charge is 2.54. The van der Waals surface area contributed by atoms with Gasteiger partial charge in [-0.15, -0.1) is 0 Å². The van der Waals surface area contributed by atoms with Gasteiger partial charge in [0.05, 0.1) is 40.6 Å². The van der Waals surface area contributed by atoms with Gasteiger partial charge in [0.1, 0.15) is 23.9 Å². The van der Waals surface area contributed by atoms with Crippen LogP contribution in [-0.2, 0) is 12.8 Å². The first-order chi connectivity index (χ1) is 17.6. The standard InChI is InChI=1S/C27H40O10/c1-6-13-26(32,14-17-9-7-11-20(34-2)22(17)36-4)25(31)27(33,24(30)19(29)16-28)15-18-10-8-12-21(35-3)23(18)37-5/h7-12,19,24-25,28-33H,6,13-16H2,1-5H3/t19-,24+,25+,26?,27+/m0/s1. The summed E-state index contributed by atoms with van der Waals surface area (Å²) in [4.78, 5) is 0. The fourth-order valence-corrected chi connectivity index (χ4v) is 4.84. The van der Waals surface area contributed by atoms with Gasteiger partial charge < -0.3 is 49.6 Å². The van der Waals surface area contributed by atoms with Gasteiger partial charge in [0, 0.05) is 24.0 Å². The van der Waals surface area contributed by atoms with E-state index in [1.807, 2.05) is 0 Å². The van der Waals surface area contributed by atoms with Gasteiger partial charge in [-0.3, -0.25) is 0 Å². The molecule has 2 aromatic carbocycles. The molecular weight excluding hydrogens is 484 g/mol. The topological polar surface area (TPSA) is 158 Å². The van der Waals surface area contributed by atoms with Crippen molar-refractivity contribution in [2.45, 2.75) is 62.1 Å². The molecule has 0 fully saturated rings. The van der Waals surface area contributed by atoms with Gasteiger partial charge >= 0.3 is 0 Å². The summed E-state index contributed by atoms with van der Waals surface area (Å²) in [7, 11) is 5.76. The van der Waals surface area contributed by atoms with E-state index in [-0.39, 0.29) is 18.6 Å². The molecule has 0 aromatic heterocycles. The van der Waals surface area contributed by atoms with Gasteiger partial charge in [0.25, 0.3) is 0 Å². The van der Waals surface area contributed by atoms with Crippen LogP contribution in [0.25, 0.3) is 0 Å². The first kappa shape index (κ1) is 30.6. The molecule has 0 amide bonds. The molecule has 10 heteroatoms. The van der Waals surface area contributed by atoms with Crippen LogP contribution in [0.2, 0.25) is 0 Å². The van der Waals surface area contributed by atoms with E-state index in [1.54, 1.807) is 43.3 Å². The first-order valence-electron chi connectivity index (χ1n) is 12.1. The predicted molar refractivity (Wildman–Crippen MR) is 136 cm³/mol. The maximum Gasteiger partial charge on any atom is 0.164 e. The van der Waals surface area contributed by atoms with E-state index in [0.29, 0.717) is 34.8 Å². The van der Waals surface area contributed by atoms with Crippen molar-refractivity contribution in [2.75, 3.05) is 35.0 Å². The quantitative estimate of drug-likeness (QED) is 0.197. The Morgan fingerprint density at radius 2 is 1.24 bits per heavy atom. The van der Waals surface area contributed by atoms with E-state index in [1.165, 1.54) is 28.4 Å². The van der Waals surface area contributed by atoms with Crippen LogP contribution < -0.4 is 18.9 Å². The molecule has 0 radical (unpaired) electrons. The number of hydrogen-bond donors (Lipinski definition) is 6. The SMILES string of the molecule is CCCC(O)(Cc1cccc(OC)c1OC)[C@@H](O)[C@@](O)(Cc1cccc(OC)c1OC)[C@H](O)[C@@H](O)CO. The normalized spacial score (nSPS) is 17.2. The van der Waals surface area contributed by atoms with Crippen molar-refractivity contribution in [3.63, 3.8) is 0 Å². The van der Waals surface area contributed by atoms with Crippen molar-refractivity contribution >= 4 is 0 Å². The summed E-state index contributed by atoms with van der Waals surface area (Å²) in [5, 5.41) is 66.2. The third-order valence-corrected chi connectivity index (χ3v) is 6.67. The molecule has 0 saturated carbocycles. The zero-order valence-electron chi connectivity index (χ0n) is 22.0. The van der Waals surface area contributed by atoms with E-state index in [9.17, 15) is 30.6 Å². The number of benzene rings is 2. The summed E-state index contributed by atoms with van der Waals surface area (Å²) in [6.07, 6.45) is -6.04. The molecule has 2 aromatic rings. The Balaban J connectivity index is 2.65. The second-order valence-corrected chi connectivity index (χ2v) is 9.10. The van der Waals surface area contributed by atoms with Crippen molar-refractivity contribution in [1.82, 2.24) is 0 Å². The van der Waals surface area contributed by atoms with Gasteiger partial charge in [0.2, 0.25) is 0 Å². The van der Waals surface area contributed by atoms with Crippen molar-refractivity contribution < 1.29 is 49.6 Å². The predicted octanol–water partition coefficient (Wildman–Crippen LogP) is 0.843. The summed E-state index contributed by atoms with van der Waals surface area (Å²) in [5.74, 6) is 1.36. The van der Waals surface area contributed by atoms with Crippen molar-refractivity contribution in [3.05, 3.63) is 47.5 Å². The molecule has 2 rings (SSSR count). The Hall–Kier alpha value is -2.60. The van der Waals surface area contributed by atoms with Gasteiger partial charge in [-0.2, -0.15) is 0 Å². The molecule has 0 aliphatic carbocycles. The lowest BCUT2D eigenvalue weighted by atomic mass is 9.71. The zero-order chi connectivity index (χ0) is 27.8. The van der Waals surface area contributed by atoms with Crippen LogP contribution in [0.3, 0.4) is 0 Å². The maximum absolute atomic E-state index is 11.9.